The fraction of sp³-hybridized carbons (Fsp3) is 0.545. The lowest BCUT2D eigenvalue weighted by Gasteiger charge is -2.18. The standard InChI is InChI=1S/C11H15N3O3/c1-17-5-3-9-13-8-2-4-12-6-7(8)10(14-9)11(15)16/h12H,2-6H2,1H3,(H,15,16). The summed E-state index contributed by atoms with van der Waals surface area (Å²) >= 11 is 0. The Morgan fingerprint density at radius 3 is 3.06 bits per heavy atom. The highest BCUT2D eigenvalue weighted by Gasteiger charge is 2.21. The van der Waals surface area contributed by atoms with Crippen molar-refractivity contribution in [3.8, 4) is 0 Å². The first-order valence-electron chi connectivity index (χ1n) is 5.54. The molecular weight excluding hydrogens is 222 g/mol. The highest BCUT2D eigenvalue weighted by atomic mass is 16.5. The van der Waals surface area contributed by atoms with Crippen molar-refractivity contribution in [2.45, 2.75) is 19.4 Å². The molecule has 1 aromatic rings. The van der Waals surface area contributed by atoms with Crippen molar-refractivity contribution in [1.29, 1.82) is 0 Å². The van der Waals surface area contributed by atoms with Crippen molar-refractivity contribution in [2.75, 3.05) is 20.3 Å². The lowest BCUT2D eigenvalue weighted by Crippen LogP contribution is -2.28. The lowest BCUT2D eigenvalue weighted by molar-refractivity contribution is 0.0687. The maximum absolute atomic E-state index is 11.1. The number of nitrogens with one attached hydrogen (secondary N) is 1. The van der Waals surface area contributed by atoms with Crippen LogP contribution in [0.3, 0.4) is 0 Å². The van der Waals surface area contributed by atoms with Crippen LogP contribution >= 0.6 is 0 Å². The van der Waals surface area contributed by atoms with Gasteiger partial charge in [-0.1, -0.05) is 0 Å². The second kappa shape index (κ2) is 5.20. The van der Waals surface area contributed by atoms with Crippen LogP contribution in [0.15, 0.2) is 0 Å². The van der Waals surface area contributed by atoms with E-state index >= 15 is 0 Å². The summed E-state index contributed by atoms with van der Waals surface area (Å²) in [5.41, 5.74) is 1.68. The van der Waals surface area contributed by atoms with Crippen molar-refractivity contribution < 1.29 is 14.6 Å². The number of hydrogen-bond acceptors (Lipinski definition) is 5. The third kappa shape index (κ3) is 2.59. The van der Waals surface area contributed by atoms with Crippen molar-refractivity contribution in [3.63, 3.8) is 0 Å². The molecule has 0 bridgehead atoms. The quantitative estimate of drug-likeness (QED) is 0.767. The van der Waals surface area contributed by atoms with E-state index in [4.69, 9.17) is 9.84 Å². The molecule has 17 heavy (non-hydrogen) atoms. The Bertz CT molecular complexity index is 434. The summed E-state index contributed by atoms with van der Waals surface area (Å²) in [5, 5.41) is 12.3. The van der Waals surface area contributed by atoms with E-state index in [1.807, 2.05) is 0 Å². The molecule has 2 N–H and O–H groups in total. The Morgan fingerprint density at radius 2 is 2.35 bits per heavy atom. The normalized spacial score (nSPS) is 14.4. The zero-order valence-electron chi connectivity index (χ0n) is 9.69. The van der Waals surface area contributed by atoms with Crippen LogP contribution < -0.4 is 5.32 Å². The number of nitrogens with zero attached hydrogens (tertiary/aromatic N) is 2. The van der Waals surface area contributed by atoms with E-state index in [0.717, 1.165) is 18.7 Å². The molecule has 0 spiro atoms. The van der Waals surface area contributed by atoms with Crippen LogP contribution in [0.1, 0.15) is 27.6 Å². The zero-order chi connectivity index (χ0) is 12.3. The smallest absolute Gasteiger partial charge is 0.354 e. The maximum atomic E-state index is 11.1. The summed E-state index contributed by atoms with van der Waals surface area (Å²) < 4.78 is 4.95. The van der Waals surface area contributed by atoms with Gasteiger partial charge in [0.15, 0.2) is 5.69 Å². The first-order chi connectivity index (χ1) is 8.22. The molecule has 0 fully saturated rings. The van der Waals surface area contributed by atoms with Crippen LogP contribution in [0.2, 0.25) is 0 Å². The monoisotopic (exact) mass is 237 g/mol. The number of hydrogen-bond donors (Lipinski definition) is 2. The third-order valence-corrected chi connectivity index (χ3v) is 2.71. The van der Waals surface area contributed by atoms with E-state index < -0.39 is 5.97 Å². The fourth-order valence-electron chi connectivity index (χ4n) is 1.88. The van der Waals surface area contributed by atoms with E-state index in [1.165, 1.54) is 0 Å². The van der Waals surface area contributed by atoms with Crippen molar-refractivity contribution >= 4 is 5.97 Å². The van der Waals surface area contributed by atoms with E-state index in [0.29, 0.717) is 31.0 Å². The van der Waals surface area contributed by atoms with E-state index in [9.17, 15) is 4.79 Å². The minimum atomic E-state index is -0.994. The van der Waals surface area contributed by atoms with Gasteiger partial charge in [-0.15, -0.1) is 0 Å². The van der Waals surface area contributed by atoms with Crippen LogP contribution in [-0.4, -0.2) is 41.3 Å². The summed E-state index contributed by atoms with van der Waals surface area (Å²) in [6.45, 7) is 1.85. The predicted octanol–water partition coefficient (Wildman–Crippen LogP) is 0.00940. The fourth-order valence-corrected chi connectivity index (χ4v) is 1.88. The van der Waals surface area contributed by atoms with Gasteiger partial charge >= 0.3 is 5.97 Å². The molecule has 2 rings (SSSR count). The lowest BCUT2D eigenvalue weighted by atomic mass is 10.1. The highest BCUT2D eigenvalue weighted by molar-refractivity contribution is 5.87. The van der Waals surface area contributed by atoms with Crippen LogP contribution in [0, 0.1) is 0 Å². The SMILES string of the molecule is COCCc1nc2c(c(C(=O)O)n1)CNCC2. The number of aromatic nitrogens is 2. The molecule has 2 heterocycles. The third-order valence-electron chi connectivity index (χ3n) is 2.71. The summed E-state index contributed by atoms with van der Waals surface area (Å²) in [5.74, 6) is -0.448. The predicted molar refractivity (Wildman–Crippen MR) is 60.0 cm³/mol. The van der Waals surface area contributed by atoms with Gasteiger partial charge in [0, 0.05) is 38.6 Å². The molecule has 0 aliphatic carbocycles. The first-order valence-corrected chi connectivity index (χ1v) is 5.54. The molecule has 0 saturated carbocycles. The van der Waals surface area contributed by atoms with Crippen LogP contribution in [-0.2, 0) is 24.1 Å². The largest absolute Gasteiger partial charge is 0.476 e. The zero-order valence-corrected chi connectivity index (χ0v) is 9.69. The Labute approximate surface area is 99.0 Å². The van der Waals surface area contributed by atoms with Gasteiger partial charge in [-0.05, 0) is 0 Å². The summed E-state index contributed by atoms with van der Waals surface area (Å²) in [6, 6.07) is 0. The highest BCUT2D eigenvalue weighted by Crippen LogP contribution is 2.16. The van der Waals surface area contributed by atoms with Crippen LogP contribution in [0.25, 0.3) is 0 Å². The van der Waals surface area contributed by atoms with Gasteiger partial charge < -0.3 is 15.2 Å². The molecule has 0 atom stereocenters. The number of methoxy groups -OCH3 is 1. The first kappa shape index (κ1) is 11.9. The average molecular weight is 237 g/mol. The van der Waals surface area contributed by atoms with Crippen molar-refractivity contribution in [2.24, 2.45) is 0 Å². The van der Waals surface area contributed by atoms with Gasteiger partial charge in [0.25, 0.3) is 0 Å². The number of carbonyl (C=O) groups is 1. The molecule has 0 aromatic carbocycles. The van der Waals surface area contributed by atoms with Gasteiger partial charge in [0.05, 0.1) is 12.3 Å². The number of rotatable bonds is 4. The second-order valence-electron chi connectivity index (χ2n) is 3.89. The number of carboxylic acids is 1. The Hall–Kier alpha value is -1.53. The molecule has 1 aliphatic heterocycles. The maximum Gasteiger partial charge on any atom is 0.354 e. The Balaban J connectivity index is 2.37. The summed E-state index contributed by atoms with van der Waals surface area (Å²) in [6.07, 6.45) is 1.29. The minimum Gasteiger partial charge on any atom is -0.476 e. The molecule has 0 radical (unpaired) electrons. The molecule has 0 saturated heterocycles. The van der Waals surface area contributed by atoms with Crippen molar-refractivity contribution in [1.82, 2.24) is 15.3 Å². The minimum absolute atomic E-state index is 0.119. The Kier molecular flexibility index (Phi) is 3.65. The molecule has 1 aliphatic rings. The number of fused-ring (bicyclic) bond motifs is 1. The van der Waals surface area contributed by atoms with E-state index in [1.54, 1.807) is 7.11 Å². The summed E-state index contributed by atoms with van der Waals surface area (Å²) in [7, 11) is 1.60. The number of ether oxygens (including phenoxy) is 1. The molecule has 1 aromatic heterocycles. The second-order valence-corrected chi connectivity index (χ2v) is 3.89. The van der Waals surface area contributed by atoms with Crippen molar-refractivity contribution in [3.05, 3.63) is 22.8 Å². The van der Waals surface area contributed by atoms with Gasteiger partial charge in [-0.3, -0.25) is 0 Å². The Morgan fingerprint density at radius 1 is 1.53 bits per heavy atom. The molecule has 6 nitrogen and oxygen atoms in total. The van der Waals surface area contributed by atoms with Gasteiger partial charge in [-0.25, -0.2) is 14.8 Å². The molecule has 6 heteroatoms. The topological polar surface area (TPSA) is 84.3 Å². The van der Waals surface area contributed by atoms with Gasteiger partial charge in [-0.2, -0.15) is 0 Å². The molecule has 92 valence electrons. The molecule has 0 amide bonds. The van der Waals surface area contributed by atoms with Crippen LogP contribution in [0.5, 0.6) is 0 Å². The van der Waals surface area contributed by atoms with Gasteiger partial charge in [0.2, 0.25) is 0 Å². The van der Waals surface area contributed by atoms with Gasteiger partial charge in [0.1, 0.15) is 5.82 Å². The molecule has 0 unspecified atom stereocenters. The van der Waals surface area contributed by atoms with E-state index in [-0.39, 0.29) is 5.69 Å². The summed E-state index contributed by atoms with van der Waals surface area (Å²) in [4.78, 5) is 19.6. The number of aromatic carboxylic acids is 1. The average Bonchev–Trinajstić information content (AvgIpc) is 2.35. The molecular formula is C11H15N3O3. The van der Waals surface area contributed by atoms with Crippen LogP contribution in [0.4, 0.5) is 0 Å². The number of carboxylic acid groups (broad SMARTS) is 1. The van der Waals surface area contributed by atoms with E-state index in [2.05, 4.69) is 15.3 Å².